The van der Waals surface area contributed by atoms with Crippen molar-refractivity contribution >= 4 is 0 Å². The molecule has 0 amide bonds. The van der Waals surface area contributed by atoms with E-state index in [1.54, 1.807) is 6.07 Å². The first-order chi connectivity index (χ1) is 7.63. The first-order valence-corrected chi connectivity index (χ1v) is 6.19. The number of hydrogen-bond donors (Lipinski definition) is 1. The number of halogens is 1. The van der Waals surface area contributed by atoms with Crippen molar-refractivity contribution in [2.75, 3.05) is 0 Å². The van der Waals surface area contributed by atoms with Gasteiger partial charge in [0.15, 0.2) is 0 Å². The summed E-state index contributed by atoms with van der Waals surface area (Å²) in [5.74, 6) is 0.464. The van der Waals surface area contributed by atoms with Gasteiger partial charge in [0, 0.05) is 11.5 Å². The van der Waals surface area contributed by atoms with Gasteiger partial charge in [-0.25, -0.2) is 4.39 Å². The van der Waals surface area contributed by atoms with Gasteiger partial charge in [0.05, 0.1) is 0 Å². The second-order valence-corrected chi connectivity index (χ2v) is 5.46. The predicted octanol–water partition coefficient (Wildman–Crippen LogP) is 3.08. The summed E-state index contributed by atoms with van der Waals surface area (Å²) in [5.41, 5.74) is 8.08. The molecule has 2 heteroatoms. The van der Waals surface area contributed by atoms with E-state index in [-0.39, 0.29) is 17.3 Å². The van der Waals surface area contributed by atoms with E-state index in [2.05, 4.69) is 6.07 Å². The lowest BCUT2D eigenvalue weighted by atomic mass is 9.88. The highest BCUT2D eigenvalue weighted by atomic mass is 19.1. The smallest absolute Gasteiger partial charge is 0.126 e. The second kappa shape index (κ2) is 3.30. The van der Waals surface area contributed by atoms with Crippen LogP contribution in [0.1, 0.15) is 49.7 Å². The zero-order chi connectivity index (χ0) is 11.3. The Kier molecular flexibility index (Phi) is 2.12. The normalized spacial score (nSPS) is 24.2. The Morgan fingerprint density at radius 2 is 2.06 bits per heavy atom. The van der Waals surface area contributed by atoms with Gasteiger partial charge in [-0.15, -0.1) is 0 Å². The fourth-order valence-corrected chi connectivity index (χ4v) is 2.70. The van der Waals surface area contributed by atoms with Gasteiger partial charge < -0.3 is 5.73 Å². The molecule has 0 saturated heterocycles. The first kappa shape index (κ1) is 10.3. The highest BCUT2D eigenvalue weighted by Crippen LogP contribution is 2.51. The fourth-order valence-electron chi connectivity index (χ4n) is 2.70. The fraction of sp³-hybridized carbons (Fsp3) is 0.571. The van der Waals surface area contributed by atoms with Crippen molar-refractivity contribution in [3.8, 4) is 0 Å². The van der Waals surface area contributed by atoms with Gasteiger partial charge >= 0.3 is 0 Å². The van der Waals surface area contributed by atoms with Gasteiger partial charge in [-0.2, -0.15) is 0 Å². The molecule has 0 radical (unpaired) electrons. The van der Waals surface area contributed by atoms with E-state index in [0.717, 1.165) is 36.8 Å². The summed E-state index contributed by atoms with van der Waals surface area (Å²) in [7, 11) is 0. The van der Waals surface area contributed by atoms with E-state index in [4.69, 9.17) is 5.73 Å². The standard InChI is InChI=1S/C14H18FN/c1-9(16)14(6-7-14)11-4-5-12(10-2-3-10)13(15)8-11/h4-5,8-10H,2-3,6-7,16H2,1H3. The minimum atomic E-state index is -0.0214. The SMILES string of the molecule is CC(N)C1(c2ccc(C3CC3)c(F)c2)CC1. The average Bonchev–Trinajstić information content (AvgIpc) is 3.12. The molecule has 1 atom stereocenters. The van der Waals surface area contributed by atoms with Crippen LogP contribution in [-0.2, 0) is 5.41 Å². The molecule has 2 aliphatic rings. The van der Waals surface area contributed by atoms with E-state index in [0.29, 0.717) is 5.92 Å². The van der Waals surface area contributed by atoms with Crippen LogP contribution in [0.2, 0.25) is 0 Å². The van der Waals surface area contributed by atoms with Crippen LogP contribution in [0, 0.1) is 5.82 Å². The van der Waals surface area contributed by atoms with Crippen LogP contribution >= 0.6 is 0 Å². The van der Waals surface area contributed by atoms with E-state index >= 15 is 0 Å². The van der Waals surface area contributed by atoms with Crippen molar-refractivity contribution in [2.24, 2.45) is 5.73 Å². The molecule has 1 aromatic rings. The van der Waals surface area contributed by atoms with Crippen LogP contribution in [0.15, 0.2) is 18.2 Å². The van der Waals surface area contributed by atoms with Crippen molar-refractivity contribution in [3.63, 3.8) is 0 Å². The Bertz CT molecular complexity index is 417. The maximum absolute atomic E-state index is 13.9. The van der Waals surface area contributed by atoms with Crippen LogP contribution in [0.5, 0.6) is 0 Å². The Hall–Kier alpha value is -0.890. The van der Waals surface area contributed by atoms with Crippen LogP contribution < -0.4 is 5.73 Å². The molecule has 0 aliphatic heterocycles. The average molecular weight is 219 g/mol. The summed E-state index contributed by atoms with van der Waals surface area (Å²) in [6.07, 6.45) is 4.50. The van der Waals surface area contributed by atoms with Crippen molar-refractivity contribution in [3.05, 3.63) is 35.1 Å². The van der Waals surface area contributed by atoms with Crippen LogP contribution in [0.4, 0.5) is 4.39 Å². The first-order valence-electron chi connectivity index (χ1n) is 6.19. The molecule has 2 aliphatic carbocycles. The topological polar surface area (TPSA) is 26.0 Å². The molecule has 1 aromatic carbocycles. The van der Waals surface area contributed by atoms with Gasteiger partial charge in [0.2, 0.25) is 0 Å². The Morgan fingerprint density at radius 1 is 1.38 bits per heavy atom. The molecule has 0 spiro atoms. The summed E-state index contributed by atoms with van der Waals surface area (Å²) in [4.78, 5) is 0. The second-order valence-electron chi connectivity index (χ2n) is 5.46. The van der Waals surface area contributed by atoms with E-state index in [9.17, 15) is 4.39 Å². The minimum Gasteiger partial charge on any atom is -0.327 e. The molecular weight excluding hydrogens is 201 g/mol. The van der Waals surface area contributed by atoms with Crippen molar-refractivity contribution in [1.82, 2.24) is 0 Å². The molecule has 1 unspecified atom stereocenters. The van der Waals surface area contributed by atoms with Gasteiger partial charge in [0.25, 0.3) is 0 Å². The largest absolute Gasteiger partial charge is 0.327 e. The zero-order valence-electron chi connectivity index (χ0n) is 9.67. The molecule has 1 nitrogen and oxygen atoms in total. The molecule has 2 fully saturated rings. The minimum absolute atomic E-state index is 0.0214. The quantitative estimate of drug-likeness (QED) is 0.830. The maximum Gasteiger partial charge on any atom is 0.126 e. The molecular formula is C14H18FN. The van der Waals surface area contributed by atoms with Gasteiger partial charge in [-0.3, -0.25) is 0 Å². The molecule has 0 aromatic heterocycles. The molecule has 86 valence electrons. The van der Waals surface area contributed by atoms with Gasteiger partial charge in [-0.05, 0) is 55.7 Å². The summed E-state index contributed by atoms with van der Waals surface area (Å²) in [6, 6.07) is 5.92. The molecule has 2 N–H and O–H groups in total. The summed E-state index contributed by atoms with van der Waals surface area (Å²) >= 11 is 0. The number of rotatable bonds is 3. The van der Waals surface area contributed by atoms with E-state index < -0.39 is 0 Å². The Balaban J connectivity index is 1.94. The highest BCUT2D eigenvalue weighted by Gasteiger charge is 2.47. The van der Waals surface area contributed by atoms with Crippen molar-refractivity contribution in [2.45, 2.75) is 50.0 Å². The molecule has 0 heterocycles. The molecule has 2 saturated carbocycles. The van der Waals surface area contributed by atoms with Crippen molar-refractivity contribution < 1.29 is 4.39 Å². The Labute approximate surface area is 95.8 Å². The number of nitrogens with two attached hydrogens (primary N) is 1. The molecule has 16 heavy (non-hydrogen) atoms. The van der Waals surface area contributed by atoms with E-state index in [1.807, 2.05) is 13.0 Å². The lowest BCUT2D eigenvalue weighted by Crippen LogP contribution is -2.31. The number of hydrogen-bond acceptors (Lipinski definition) is 1. The highest BCUT2D eigenvalue weighted by molar-refractivity contribution is 5.38. The summed E-state index contributed by atoms with van der Waals surface area (Å²) in [5, 5.41) is 0. The number of benzene rings is 1. The predicted molar refractivity (Wildman–Crippen MR) is 62.9 cm³/mol. The van der Waals surface area contributed by atoms with Gasteiger partial charge in [0.1, 0.15) is 5.82 Å². The van der Waals surface area contributed by atoms with Crippen LogP contribution in [-0.4, -0.2) is 6.04 Å². The molecule has 3 rings (SSSR count). The summed E-state index contributed by atoms with van der Waals surface area (Å²) < 4.78 is 13.9. The summed E-state index contributed by atoms with van der Waals surface area (Å²) in [6.45, 7) is 2.03. The zero-order valence-corrected chi connectivity index (χ0v) is 9.67. The lowest BCUT2D eigenvalue weighted by molar-refractivity contribution is 0.545. The van der Waals surface area contributed by atoms with Gasteiger partial charge in [-0.1, -0.05) is 12.1 Å². The van der Waals surface area contributed by atoms with Crippen LogP contribution in [0.25, 0.3) is 0 Å². The van der Waals surface area contributed by atoms with Crippen molar-refractivity contribution in [1.29, 1.82) is 0 Å². The lowest BCUT2D eigenvalue weighted by Gasteiger charge is -2.20. The third-order valence-electron chi connectivity index (χ3n) is 4.25. The van der Waals surface area contributed by atoms with E-state index in [1.165, 1.54) is 0 Å². The monoisotopic (exact) mass is 219 g/mol. The van der Waals surface area contributed by atoms with Crippen LogP contribution in [0.3, 0.4) is 0 Å². The third-order valence-corrected chi connectivity index (χ3v) is 4.25. The maximum atomic E-state index is 13.9. The molecule has 0 bridgehead atoms. The third kappa shape index (κ3) is 1.47. The Morgan fingerprint density at radius 3 is 2.50 bits per heavy atom.